The van der Waals surface area contributed by atoms with Gasteiger partial charge in [0.15, 0.2) is 5.82 Å². The van der Waals surface area contributed by atoms with Crippen LogP contribution in [0.25, 0.3) is 0 Å². The molecule has 1 N–H and O–H groups in total. The third kappa shape index (κ3) is 2.81. The summed E-state index contributed by atoms with van der Waals surface area (Å²) in [5.41, 5.74) is 2.18. The number of hydrogen-bond donors (Lipinski definition) is 1. The van der Waals surface area contributed by atoms with E-state index < -0.39 is 0 Å². The number of aryl methyl sites for hydroxylation is 1. The first kappa shape index (κ1) is 14.9. The summed E-state index contributed by atoms with van der Waals surface area (Å²) in [4.78, 5) is 16.0. The van der Waals surface area contributed by atoms with Gasteiger partial charge in [-0.05, 0) is 50.9 Å². The average Bonchev–Trinajstić information content (AvgIpc) is 2.90. The van der Waals surface area contributed by atoms with Gasteiger partial charge in [-0.3, -0.25) is 9.88 Å². The number of hydrogen-bond acceptors (Lipinski definition) is 5. The van der Waals surface area contributed by atoms with Crippen molar-refractivity contribution in [1.29, 1.82) is 0 Å². The monoisotopic (exact) mass is 297 g/mol. The maximum absolute atomic E-state index is 4.72. The Morgan fingerprint density at radius 3 is 2.77 bits per heavy atom. The molecule has 0 radical (unpaired) electrons. The summed E-state index contributed by atoms with van der Waals surface area (Å²) in [7, 11) is 1.90. The zero-order chi connectivity index (χ0) is 15.6. The number of rotatable bonds is 4. The first-order valence-electron chi connectivity index (χ1n) is 7.80. The minimum atomic E-state index is -0.110. The van der Waals surface area contributed by atoms with Crippen LogP contribution in [0.2, 0.25) is 0 Å². The van der Waals surface area contributed by atoms with Crippen LogP contribution in [-0.2, 0) is 12.1 Å². The van der Waals surface area contributed by atoms with E-state index in [2.05, 4.69) is 34.3 Å². The lowest BCUT2D eigenvalue weighted by Gasteiger charge is -2.34. The van der Waals surface area contributed by atoms with Crippen LogP contribution in [0, 0.1) is 6.92 Å². The molecule has 0 spiro atoms. The molecule has 0 saturated carbocycles. The summed E-state index contributed by atoms with van der Waals surface area (Å²) < 4.78 is 0. The molecule has 116 valence electrons. The fourth-order valence-electron chi connectivity index (χ4n) is 3.17. The highest BCUT2D eigenvalue weighted by Crippen LogP contribution is 2.38. The van der Waals surface area contributed by atoms with Crippen molar-refractivity contribution in [3.8, 4) is 0 Å². The van der Waals surface area contributed by atoms with Crippen LogP contribution in [0.4, 0.5) is 5.82 Å². The summed E-state index contributed by atoms with van der Waals surface area (Å²) in [5, 5.41) is 3.14. The van der Waals surface area contributed by atoms with Crippen molar-refractivity contribution >= 4 is 5.82 Å². The van der Waals surface area contributed by atoms with E-state index in [1.54, 1.807) is 0 Å². The first-order chi connectivity index (χ1) is 10.6. The highest BCUT2D eigenvalue weighted by molar-refractivity contribution is 5.36. The van der Waals surface area contributed by atoms with E-state index in [9.17, 15) is 0 Å². The molecular formula is C17H23N5. The molecule has 1 saturated heterocycles. The smallest absolute Gasteiger partial charge is 0.150 e. The van der Waals surface area contributed by atoms with Gasteiger partial charge in [0.05, 0.1) is 5.54 Å². The lowest BCUT2D eigenvalue weighted by molar-refractivity contribution is 0.137. The Morgan fingerprint density at radius 2 is 2.05 bits per heavy atom. The Labute approximate surface area is 131 Å². The maximum Gasteiger partial charge on any atom is 0.150 e. The zero-order valence-electron chi connectivity index (χ0n) is 13.5. The fraction of sp³-hybridized carbons (Fsp3) is 0.471. The van der Waals surface area contributed by atoms with Crippen LogP contribution in [0.3, 0.4) is 0 Å². The van der Waals surface area contributed by atoms with Crippen molar-refractivity contribution in [3.05, 3.63) is 47.7 Å². The number of nitrogens with one attached hydrogen (secondary N) is 1. The van der Waals surface area contributed by atoms with Gasteiger partial charge in [-0.1, -0.05) is 0 Å². The SMILES string of the molecule is CNc1cc(C)nc([C@@]2(C)CCCN2Cc2ccncc2)n1. The molecule has 1 aliphatic rings. The minimum Gasteiger partial charge on any atom is -0.373 e. The molecular weight excluding hydrogens is 274 g/mol. The van der Waals surface area contributed by atoms with Crippen LogP contribution >= 0.6 is 0 Å². The number of nitrogens with zero attached hydrogens (tertiary/aromatic N) is 4. The van der Waals surface area contributed by atoms with Gasteiger partial charge in [-0.2, -0.15) is 0 Å². The summed E-state index contributed by atoms with van der Waals surface area (Å²) in [6, 6.07) is 6.14. The van der Waals surface area contributed by atoms with E-state index in [-0.39, 0.29) is 5.54 Å². The number of likely N-dealkylation sites (tertiary alicyclic amines) is 1. The van der Waals surface area contributed by atoms with Crippen molar-refractivity contribution in [1.82, 2.24) is 19.9 Å². The second kappa shape index (κ2) is 6.01. The van der Waals surface area contributed by atoms with Gasteiger partial charge in [0.1, 0.15) is 5.82 Å². The second-order valence-electron chi connectivity index (χ2n) is 6.12. The lowest BCUT2D eigenvalue weighted by atomic mass is 9.97. The third-order valence-corrected chi connectivity index (χ3v) is 4.50. The van der Waals surface area contributed by atoms with Crippen molar-refractivity contribution < 1.29 is 0 Å². The highest BCUT2D eigenvalue weighted by Gasteiger charge is 2.40. The average molecular weight is 297 g/mol. The molecule has 2 aromatic rings. The largest absolute Gasteiger partial charge is 0.373 e. The normalized spacial score (nSPS) is 22.0. The molecule has 3 heterocycles. The Balaban J connectivity index is 1.91. The fourth-order valence-corrected chi connectivity index (χ4v) is 3.17. The van der Waals surface area contributed by atoms with Gasteiger partial charge in [-0.15, -0.1) is 0 Å². The van der Waals surface area contributed by atoms with Gasteiger partial charge >= 0.3 is 0 Å². The standard InChI is InChI=1S/C17H23N5/c1-13-11-15(18-3)21-16(20-13)17(2)7-4-10-22(17)12-14-5-8-19-9-6-14/h5-6,8-9,11H,4,7,10,12H2,1-3H3,(H,18,20,21)/t17-/m1/s1. The van der Waals surface area contributed by atoms with Crippen LogP contribution in [0.5, 0.6) is 0 Å². The van der Waals surface area contributed by atoms with Crippen molar-refractivity contribution in [2.24, 2.45) is 0 Å². The third-order valence-electron chi connectivity index (χ3n) is 4.50. The van der Waals surface area contributed by atoms with Crippen molar-refractivity contribution in [2.75, 3.05) is 18.9 Å². The number of aromatic nitrogens is 3. The Morgan fingerprint density at radius 1 is 1.27 bits per heavy atom. The molecule has 1 aliphatic heterocycles. The van der Waals surface area contributed by atoms with Crippen molar-refractivity contribution in [2.45, 2.75) is 38.8 Å². The predicted molar refractivity (Wildman–Crippen MR) is 87.5 cm³/mol. The molecule has 5 nitrogen and oxygen atoms in total. The number of pyridine rings is 1. The van der Waals surface area contributed by atoms with Gasteiger partial charge in [-0.25, -0.2) is 9.97 Å². The Hall–Kier alpha value is -2.01. The quantitative estimate of drug-likeness (QED) is 0.940. The molecule has 0 unspecified atom stereocenters. The van der Waals surface area contributed by atoms with Crippen LogP contribution in [0.1, 0.15) is 36.8 Å². The molecule has 22 heavy (non-hydrogen) atoms. The molecule has 0 aliphatic carbocycles. The molecule has 5 heteroatoms. The van der Waals surface area contributed by atoms with Crippen LogP contribution in [0.15, 0.2) is 30.6 Å². The van der Waals surface area contributed by atoms with Crippen molar-refractivity contribution in [3.63, 3.8) is 0 Å². The summed E-state index contributed by atoms with van der Waals surface area (Å²) in [6.45, 7) is 6.27. The summed E-state index contributed by atoms with van der Waals surface area (Å²) in [5.74, 6) is 1.81. The summed E-state index contributed by atoms with van der Waals surface area (Å²) >= 11 is 0. The molecule has 0 aromatic carbocycles. The molecule has 1 atom stereocenters. The number of anilines is 1. The lowest BCUT2D eigenvalue weighted by Crippen LogP contribution is -2.39. The van der Waals surface area contributed by atoms with E-state index in [0.29, 0.717) is 0 Å². The Bertz CT molecular complexity index is 643. The minimum absolute atomic E-state index is 0.110. The van der Waals surface area contributed by atoms with E-state index in [4.69, 9.17) is 9.97 Å². The van der Waals surface area contributed by atoms with Gasteiger partial charge < -0.3 is 5.32 Å². The first-order valence-corrected chi connectivity index (χ1v) is 7.80. The zero-order valence-corrected chi connectivity index (χ0v) is 13.5. The molecule has 2 aromatic heterocycles. The van der Waals surface area contributed by atoms with Gasteiger partial charge in [0.2, 0.25) is 0 Å². The van der Waals surface area contributed by atoms with E-state index in [1.807, 2.05) is 32.4 Å². The van der Waals surface area contributed by atoms with E-state index >= 15 is 0 Å². The predicted octanol–water partition coefficient (Wildman–Crippen LogP) is 2.73. The highest BCUT2D eigenvalue weighted by atomic mass is 15.2. The van der Waals surface area contributed by atoms with Crippen LogP contribution < -0.4 is 5.32 Å². The molecule has 1 fully saturated rings. The van der Waals surface area contributed by atoms with Gasteiger partial charge in [0.25, 0.3) is 0 Å². The van der Waals surface area contributed by atoms with E-state index in [0.717, 1.165) is 36.8 Å². The second-order valence-corrected chi connectivity index (χ2v) is 6.12. The van der Waals surface area contributed by atoms with Gasteiger partial charge in [0, 0.05) is 37.7 Å². The molecule has 3 rings (SSSR count). The van der Waals surface area contributed by atoms with Crippen LogP contribution in [-0.4, -0.2) is 33.4 Å². The van der Waals surface area contributed by atoms with E-state index in [1.165, 1.54) is 12.0 Å². The molecule has 0 amide bonds. The maximum atomic E-state index is 4.72. The topological polar surface area (TPSA) is 53.9 Å². The molecule has 0 bridgehead atoms. The Kier molecular flexibility index (Phi) is 4.07. The summed E-state index contributed by atoms with van der Waals surface area (Å²) in [6.07, 6.45) is 5.97.